The second-order valence-corrected chi connectivity index (χ2v) is 12.3. The topological polar surface area (TPSA) is 106 Å². The van der Waals surface area contributed by atoms with Crippen molar-refractivity contribution in [1.29, 1.82) is 0 Å². The van der Waals surface area contributed by atoms with Gasteiger partial charge in [0.1, 0.15) is 17.0 Å². The summed E-state index contributed by atoms with van der Waals surface area (Å²) < 4.78 is 33.8. The number of aliphatic hydroxyl groups excluding tert-OH is 1. The van der Waals surface area contributed by atoms with Crippen molar-refractivity contribution in [2.45, 2.75) is 41.3 Å². The predicted molar refractivity (Wildman–Crippen MR) is 160 cm³/mol. The fourth-order valence-corrected chi connectivity index (χ4v) is 6.88. The van der Waals surface area contributed by atoms with Crippen LogP contribution in [0.4, 0.5) is 19.3 Å². The molecule has 2 aliphatic heterocycles. The molecule has 1 saturated heterocycles. The number of hydrogen-bond acceptors (Lipinski definition) is 6. The summed E-state index contributed by atoms with van der Waals surface area (Å²) in [5.74, 6) is -0.281. The lowest BCUT2D eigenvalue weighted by Crippen LogP contribution is -2.47. The summed E-state index contributed by atoms with van der Waals surface area (Å²) in [5.41, 5.74) is -0.0603. The highest BCUT2D eigenvalue weighted by molar-refractivity contribution is 7.99. The monoisotopic (exact) mass is 672 g/mol. The summed E-state index contributed by atoms with van der Waals surface area (Å²) in [6.45, 7) is 0.886. The van der Waals surface area contributed by atoms with Crippen molar-refractivity contribution < 1.29 is 28.2 Å². The number of carbonyl (C=O) groups is 2. The average molecular weight is 674 g/mol. The number of halogens is 5. The van der Waals surface area contributed by atoms with Gasteiger partial charge in [-0.3, -0.25) is 14.5 Å². The molecule has 228 valence electrons. The number of nitrogens with one attached hydrogen (secondary N) is 1. The third kappa shape index (κ3) is 6.03. The number of amides is 3. The van der Waals surface area contributed by atoms with Crippen LogP contribution in [-0.2, 0) is 25.1 Å². The number of methoxy groups -OCH3 is 1. The second kappa shape index (κ2) is 12.2. The zero-order chi connectivity index (χ0) is 31.2. The number of aliphatic hydroxyl groups is 1. The summed E-state index contributed by atoms with van der Waals surface area (Å²) in [6, 6.07) is 7.22. The SMILES string of the molecule is COc1cc2c(cc1N1CCCN(C)C1=O)CN(C(=O)c1c(Sc3c(Cl)ccc(CO)c3Cl)cc(C(F)(F)Cl)[nH]c1=O)C2. The Balaban J connectivity index is 1.53. The first-order valence-electron chi connectivity index (χ1n) is 13.0. The summed E-state index contributed by atoms with van der Waals surface area (Å²) in [7, 11) is 3.20. The Morgan fingerprint density at radius 3 is 2.49 bits per heavy atom. The van der Waals surface area contributed by atoms with Crippen LogP contribution in [0.1, 0.15) is 39.2 Å². The zero-order valence-corrected chi connectivity index (χ0v) is 25.9. The smallest absolute Gasteiger partial charge is 0.362 e. The fraction of sp³-hybridized carbons (Fsp3) is 0.321. The molecule has 0 aliphatic carbocycles. The summed E-state index contributed by atoms with van der Waals surface area (Å²) in [6.07, 6.45) is 0.767. The normalized spacial score (nSPS) is 15.3. The van der Waals surface area contributed by atoms with Gasteiger partial charge in [-0.2, -0.15) is 8.78 Å². The standard InChI is InChI=1S/C28H25Cl3F2N4O5S/c1-35-6-3-7-37(27(35)41)18-8-15-11-36(12-16(15)9-19(18)42-2)26(40)22-20(10-21(28(31,32)33)34-25(22)39)43-24-17(29)5-4-14(13-38)23(24)30/h4-5,8-10,38H,3,6-7,11-13H2,1-2H3,(H,34,39). The lowest BCUT2D eigenvalue weighted by molar-refractivity contribution is 0.0740. The summed E-state index contributed by atoms with van der Waals surface area (Å²) >= 11 is 18.7. The number of hydrogen-bond donors (Lipinski definition) is 2. The first kappa shape index (κ1) is 31.4. The van der Waals surface area contributed by atoms with Gasteiger partial charge in [0.25, 0.3) is 11.5 Å². The van der Waals surface area contributed by atoms with Crippen LogP contribution >= 0.6 is 46.6 Å². The van der Waals surface area contributed by atoms with E-state index >= 15 is 0 Å². The zero-order valence-electron chi connectivity index (χ0n) is 22.8. The molecule has 3 amide bonds. The van der Waals surface area contributed by atoms with Gasteiger partial charge in [0, 0.05) is 43.0 Å². The Hall–Kier alpha value is -3.03. The van der Waals surface area contributed by atoms with E-state index in [-0.39, 0.29) is 39.0 Å². The van der Waals surface area contributed by atoms with E-state index in [1.54, 1.807) is 29.0 Å². The van der Waals surface area contributed by atoms with Crippen molar-refractivity contribution in [1.82, 2.24) is 14.8 Å². The first-order chi connectivity index (χ1) is 20.3. The van der Waals surface area contributed by atoms with Crippen molar-refractivity contribution in [2.24, 2.45) is 0 Å². The van der Waals surface area contributed by atoms with Crippen LogP contribution in [0.2, 0.25) is 10.0 Å². The maximum absolute atomic E-state index is 14.1. The lowest BCUT2D eigenvalue weighted by Gasteiger charge is -2.34. The van der Waals surface area contributed by atoms with Crippen molar-refractivity contribution in [3.63, 3.8) is 0 Å². The number of H-pyrrole nitrogens is 1. The molecule has 2 aromatic carbocycles. The molecule has 1 aromatic heterocycles. The molecular formula is C28H25Cl3F2N4O5S. The molecule has 0 radical (unpaired) electrons. The fourth-order valence-electron chi connectivity index (χ4n) is 5.05. The maximum Gasteiger partial charge on any atom is 0.362 e. The number of pyridine rings is 1. The molecule has 0 bridgehead atoms. The number of ether oxygens (including phenoxy) is 1. The Morgan fingerprint density at radius 2 is 1.84 bits per heavy atom. The van der Waals surface area contributed by atoms with Gasteiger partial charge in [-0.1, -0.05) is 41.0 Å². The van der Waals surface area contributed by atoms with Gasteiger partial charge in [0.15, 0.2) is 0 Å². The Labute approximate surface area is 264 Å². The predicted octanol–water partition coefficient (Wildman–Crippen LogP) is 6.04. The molecule has 0 unspecified atom stereocenters. The largest absolute Gasteiger partial charge is 0.495 e. The van der Waals surface area contributed by atoms with Gasteiger partial charge in [0.05, 0.1) is 29.4 Å². The van der Waals surface area contributed by atoms with E-state index in [9.17, 15) is 28.3 Å². The van der Waals surface area contributed by atoms with Gasteiger partial charge in [0.2, 0.25) is 0 Å². The van der Waals surface area contributed by atoms with E-state index in [0.717, 1.165) is 35.4 Å². The van der Waals surface area contributed by atoms with E-state index in [4.69, 9.17) is 39.5 Å². The van der Waals surface area contributed by atoms with Crippen LogP contribution < -0.4 is 15.2 Å². The Bertz CT molecular complexity index is 1680. The van der Waals surface area contributed by atoms with Crippen molar-refractivity contribution >= 4 is 64.2 Å². The van der Waals surface area contributed by atoms with Crippen molar-refractivity contribution in [3.8, 4) is 5.75 Å². The lowest BCUT2D eigenvalue weighted by atomic mass is 10.1. The highest BCUT2D eigenvalue weighted by Crippen LogP contribution is 2.43. The third-order valence-corrected chi connectivity index (χ3v) is 9.61. The minimum atomic E-state index is -3.94. The second-order valence-electron chi connectivity index (χ2n) is 10.0. The maximum atomic E-state index is 14.1. The molecule has 2 aliphatic rings. The van der Waals surface area contributed by atoms with Crippen LogP contribution in [0.25, 0.3) is 0 Å². The number of urea groups is 1. The highest BCUT2D eigenvalue weighted by atomic mass is 35.5. The Morgan fingerprint density at radius 1 is 1.14 bits per heavy atom. The average Bonchev–Trinajstić information content (AvgIpc) is 3.38. The number of nitrogens with zero attached hydrogens (tertiary/aromatic N) is 3. The molecule has 2 N–H and O–H groups in total. The number of benzene rings is 2. The van der Waals surface area contributed by atoms with Gasteiger partial charge in [-0.15, -0.1) is 0 Å². The molecular weight excluding hydrogens is 649 g/mol. The van der Waals surface area contributed by atoms with E-state index in [0.29, 0.717) is 30.1 Å². The van der Waals surface area contributed by atoms with Gasteiger partial charge in [-0.25, -0.2) is 4.79 Å². The molecule has 43 heavy (non-hydrogen) atoms. The summed E-state index contributed by atoms with van der Waals surface area (Å²) in [5, 5.41) is 5.86. The number of rotatable bonds is 7. The third-order valence-electron chi connectivity index (χ3n) is 7.26. The first-order valence-corrected chi connectivity index (χ1v) is 14.9. The molecule has 0 spiro atoms. The Kier molecular flexibility index (Phi) is 8.88. The van der Waals surface area contributed by atoms with Gasteiger partial charge >= 0.3 is 11.4 Å². The van der Waals surface area contributed by atoms with Crippen molar-refractivity contribution in [2.75, 3.05) is 32.1 Å². The van der Waals surface area contributed by atoms with Crippen molar-refractivity contribution in [3.05, 3.63) is 78.7 Å². The van der Waals surface area contributed by atoms with Crippen LogP contribution in [0.5, 0.6) is 5.75 Å². The number of aromatic nitrogens is 1. The van der Waals surface area contributed by atoms with E-state index in [1.165, 1.54) is 24.1 Å². The highest BCUT2D eigenvalue weighted by Gasteiger charge is 2.35. The number of anilines is 1. The van der Waals surface area contributed by atoms with Crippen LogP contribution in [-0.4, -0.2) is 59.1 Å². The van der Waals surface area contributed by atoms with E-state index < -0.39 is 34.7 Å². The number of alkyl halides is 3. The quantitative estimate of drug-likeness (QED) is 0.297. The molecule has 1 fully saturated rings. The number of carbonyl (C=O) groups excluding carboxylic acids is 2. The number of aromatic amines is 1. The minimum absolute atomic E-state index is 0.0453. The molecule has 5 rings (SSSR count). The van der Waals surface area contributed by atoms with E-state index in [1.807, 2.05) is 4.98 Å². The van der Waals surface area contributed by atoms with E-state index in [2.05, 4.69) is 0 Å². The van der Waals surface area contributed by atoms with Crippen LogP contribution in [0.15, 0.2) is 44.9 Å². The molecule has 0 atom stereocenters. The van der Waals surface area contributed by atoms with Crippen LogP contribution in [0, 0.1) is 0 Å². The number of fused-ring (bicyclic) bond motifs is 1. The molecule has 3 heterocycles. The van der Waals surface area contributed by atoms with Crippen LogP contribution in [0.3, 0.4) is 0 Å². The minimum Gasteiger partial charge on any atom is -0.495 e. The van der Waals surface area contributed by atoms with Gasteiger partial charge in [-0.05, 0) is 59.0 Å². The molecule has 3 aromatic rings. The molecule has 9 nitrogen and oxygen atoms in total. The summed E-state index contributed by atoms with van der Waals surface area (Å²) in [4.78, 5) is 46.6. The van der Waals surface area contributed by atoms with Gasteiger partial charge < -0.3 is 24.6 Å². The molecule has 0 saturated carbocycles. The molecule has 15 heteroatoms.